The van der Waals surface area contributed by atoms with Crippen LogP contribution in [0.1, 0.15) is 25.8 Å². The molecule has 2 atom stereocenters. The van der Waals surface area contributed by atoms with Gasteiger partial charge in [-0.15, -0.1) is 24.8 Å². The van der Waals surface area contributed by atoms with Crippen LogP contribution >= 0.6 is 24.8 Å². The molecule has 1 unspecified atom stereocenters. The topological polar surface area (TPSA) is 64.2 Å². The lowest BCUT2D eigenvalue weighted by Crippen LogP contribution is -2.47. The summed E-state index contributed by atoms with van der Waals surface area (Å²) in [6, 6.07) is 1.80. The fourth-order valence-electron chi connectivity index (χ4n) is 2.16. The number of amides is 1. The van der Waals surface area contributed by atoms with Crippen molar-refractivity contribution in [1.82, 2.24) is 14.7 Å². The van der Waals surface area contributed by atoms with Gasteiger partial charge in [0.25, 0.3) is 0 Å². The Hall–Kier alpha value is -0.780. The first-order chi connectivity index (χ1) is 7.68. The Morgan fingerprint density at radius 3 is 2.78 bits per heavy atom. The summed E-state index contributed by atoms with van der Waals surface area (Å²) in [6.07, 6.45) is 5.81. The number of carbonyl (C=O) groups excluding carboxylic acids is 1. The van der Waals surface area contributed by atoms with Crippen molar-refractivity contribution in [2.75, 3.05) is 13.1 Å². The number of piperidine rings is 1. The van der Waals surface area contributed by atoms with Crippen LogP contribution in [0.4, 0.5) is 0 Å². The fraction of sp³-hybridized carbons (Fsp3) is 0.636. The van der Waals surface area contributed by atoms with Crippen molar-refractivity contribution >= 4 is 30.7 Å². The molecule has 0 aliphatic carbocycles. The standard InChI is InChI=1S/C11H18N4O.2ClH/c1-9(12)11(16)14-6-2-4-10(8-14)15-7-3-5-13-15;;/h3,5,7,9-10H,2,4,6,8,12H2,1H3;2*1H/t9-,10?;;/m1../s1. The predicted octanol–water partition coefficient (Wildman–Crippen LogP) is 1.24. The summed E-state index contributed by atoms with van der Waals surface area (Å²) in [7, 11) is 0. The van der Waals surface area contributed by atoms with Crippen LogP contribution in [0.15, 0.2) is 18.5 Å². The lowest BCUT2D eigenvalue weighted by Gasteiger charge is -2.33. The van der Waals surface area contributed by atoms with Crippen LogP contribution in [0.25, 0.3) is 0 Å². The monoisotopic (exact) mass is 294 g/mol. The second-order valence-electron chi connectivity index (χ2n) is 4.36. The summed E-state index contributed by atoms with van der Waals surface area (Å²) < 4.78 is 1.93. The number of rotatable bonds is 2. The molecule has 1 aromatic rings. The van der Waals surface area contributed by atoms with Gasteiger partial charge in [-0.05, 0) is 25.8 Å². The molecule has 2 heterocycles. The number of nitrogens with zero attached hydrogens (tertiary/aromatic N) is 3. The average molecular weight is 295 g/mol. The van der Waals surface area contributed by atoms with Crippen molar-refractivity contribution in [2.45, 2.75) is 31.8 Å². The summed E-state index contributed by atoms with van der Waals surface area (Å²) in [4.78, 5) is 13.6. The van der Waals surface area contributed by atoms with Gasteiger partial charge >= 0.3 is 0 Å². The fourth-order valence-corrected chi connectivity index (χ4v) is 2.16. The number of nitrogens with two attached hydrogens (primary N) is 1. The first-order valence-electron chi connectivity index (χ1n) is 5.72. The zero-order valence-corrected chi connectivity index (χ0v) is 12.0. The molecule has 1 aromatic heterocycles. The quantitative estimate of drug-likeness (QED) is 0.892. The molecule has 0 aromatic carbocycles. The van der Waals surface area contributed by atoms with Gasteiger partial charge in [0.1, 0.15) is 0 Å². The molecule has 18 heavy (non-hydrogen) atoms. The minimum Gasteiger partial charge on any atom is -0.339 e. The molecule has 0 bridgehead atoms. The van der Waals surface area contributed by atoms with Gasteiger partial charge in [0.15, 0.2) is 0 Å². The van der Waals surface area contributed by atoms with Gasteiger partial charge in [0, 0.05) is 25.5 Å². The van der Waals surface area contributed by atoms with Gasteiger partial charge in [-0.2, -0.15) is 5.10 Å². The summed E-state index contributed by atoms with van der Waals surface area (Å²) in [5, 5.41) is 4.23. The number of hydrogen-bond acceptors (Lipinski definition) is 3. The third-order valence-electron chi connectivity index (χ3n) is 3.00. The Morgan fingerprint density at radius 1 is 1.50 bits per heavy atom. The zero-order valence-electron chi connectivity index (χ0n) is 10.4. The first-order valence-corrected chi connectivity index (χ1v) is 5.72. The van der Waals surface area contributed by atoms with E-state index in [9.17, 15) is 4.79 Å². The van der Waals surface area contributed by atoms with Crippen LogP contribution in [0.2, 0.25) is 0 Å². The zero-order chi connectivity index (χ0) is 11.5. The van der Waals surface area contributed by atoms with Gasteiger partial charge < -0.3 is 10.6 Å². The normalized spacial score (nSPS) is 20.6. The first kappa shape index (κ1) is 17.2. The molecule has 2 N–H and O–H groups in total. The van der Waals surface area contributed by atoms with Gasteiger partial charge in [-0.25, -0.2) is 0 Å². The molecular formula is C11H20Cl2N4O. The van der Waals surface area contributed by atoms with Crippen LogP contribution in [0.5, 0.6) is 0 Å². The minimum absolute atomic E-state index is 0. The highest BCUT2D eigenvalue weighted by molar-refractivity contribution is 5.85. The number of aromatic nitrogens is 2. The van der Waals surface area contributed by atoms with Crippen LogP contribution in [-0.2, 0) is 4.79 Å². The van der Waals surface area contributed by atoms with Crippen LogP contribution in [0.3, 0.4) is 0 Å². The smallest absolute Gasteiger partial charge is 0.239 e. The van der Waals surface area contributed by atoms with Crippen molar-refractivity contribution in [2.24, 2.45) is 5.73 Å². The van der Waals surface area contributed by atoms with E-state index in [4.69, 9.17) is 5.73 Å². The van der Waals surface area contributed by atoms with E-state index in [1.54, 1.807) is 13.1 Å². The minimum atomic E-state index is -0.406. The third kappa shape index (κ3) is 3.86. The second kappa shape index (κ2) is 7.61. The molecular weight excluding hydrogens is 275 g/mol. The molecule has 2 rings (SSSR count). The summed E-state index contributed by atoms with van der Waals surface area (Å²) >= 11 is 0. The Kier molecular flexibility index (Phi) is 7.28. The molecule has 104 valence electrons. The van der Waals surface area contributed by atoms with Crippen LogP contribution < -0.4 is 5.73 Å². The molecule has 1 amide bonds. The SMILES string of the molecule is C[C@@H](N)C(=O)N1CCCC(n2cccn2)C1.Cl.Cl. The van der Waals surface area contributed by atoms with Gasteiger partial charge in [0.05, 0.1) is 12.1 Å². The second-order valence-corrected chi connectivity index (χ2v) is 4.36. The van der Waals surface area contributed by atoms with Crippen molar-refractivity contribution < 1.29 is 4.79 Å². The molecule has 1 saturated heterocycles. The van der Waals surface area contributed by atoms with E-state index in [1.807, 2.05) is 21.8 Å². The van der Waals surface area contributed by atoms with Gasteiger partial charge in [-0.3, -0.25) is 9.48 Å². The largest absolute Gasteiger partial charge is 0.339 e. The molecule has 5 nitrogen and oxygen atoms in total. The highest BCUT2D eigenvalue weighted by Gasteiger charge is 2.26. The van der Waals surface area contributed by atoms with Gasteiger partial charge in [0.2, 0.25) is 5.91 Å². The summed E-state index contributed by atoms with van der Waals surface area (Å²) in [5.41, 5.74) is 5.62. The molecule has 1 fully saturated rings. The Morgan fingerprint density at radius 2 is 2.22 bits per heavy atom. The molecule has 1 aliphatic rings. The Bertz CT molecular complexity index is 356. The lowest BCUT2D eigenvalue weighted by atomic mass is 10.1. The van der Waals surface area contributed by atoms with Crippen LogP contribution in [0, 0.1) is 0 Å². The molecule has 0 radical (unpaired) electrons. The summed E-state index contributed by atoms with van der Waals surface area (Å²) in [5.74, 6) is 0.0388. The van der Waals surface area contributed by atoms with Crippen LogP contribution in [-0.4, -0.2) is 39.7 Å². The average Bonchev–Trinajstić information content (AvgIpc) is 2.81. The van der Waals surface area contributed by atoms with E-state index >= 15 is 0 Å². The number of likely N-dealkylation sites (tertiary alicyclic amines) is 1. The Balaban J connectivity index is 0.00000144. The maximum Gasteiger partial charge on any atom is 0.239 e. The van der Waals surface area contributed by atoms with Crippen molar-refractivity contribution in [3.8, 4) is 0 Å². The van der Waals surface area contributed by atoms with Crippen molar-refractivity contribution in [3.63, 3.8) is 0 Å². The number of hydrogen-bond donors (Lipinski definition) is 1. The van der Waals surface area contributed by atoms with E-state index < -0.39 is 6.04 Å². The molecule has 0 spiro atoms. The highest BCUT2D eigenvalue weighted by atomic mass is 35.5. The summed E-state index contributed by atoms with van der Waals surface area (Å²) in [6.45, 7) is 3.28. The molecule has 0 saturated carbocycles. The maximum absolute atomic E-state index is 11.8. The van der Waals surface area contributed by atoms with E-state index in [2.05, 4.69) is 5.10 Å². The van der Waals surface area contributed by atoms with E-state index in [-0.39, 0.29) is 30.7 Å². The van der Waals surface area contributed by atoms with E-state index in [1.165, 1.54) is 0 Å². The number of carbonyl (C=O) groups is 1. The maximum atomic E-state index is 11.8. The highest BCUT2D eigenvalue weighted by Crippen LogP contribution is 2.20. The van der Waals surface area contributed by atoms with E-state index in [0.717, 1.165) is 25.9 Å². The van der Waals surface area contributed by atoms with Crippen molar-refractivity contribution in [3.05, 3.63) is 18.5 Å². The molecule has 7 heteroatoms. The van der Waals surface area contributed by atoms with Gasteiger partial charge in [-0.1, -0.05) is 0 Å². The third-order valence-corrected chi connectivity index (χ3v) is 3.00. The van der Waals surface area contributed by atoms with E-state index in [0.29, 0.717) is 6.04 Å². The van der Waals surface area contributed by atoms with Crippen molar-refractivity contribution in [1.29, 1.82) is 0 Å². The lowest BCUT2D eigenvalue weighted by molar-refractivity contribution is -0.133. The Labute approximate surface area is 120 Å². The predicted molar refractivity (Wildman–Crippen MR) is 75.2 cm³/mol. The molecule has 1 aliphatic heterocycles. The number of halogens is 2.